The van der Waals surface area contributed by atoms with Gasteiger partial charge in [-0.15, -0.1) is 12.4 Å². The molecule has 0 saturated heterocycles. The van der Waals surface area contributed by atoms with E-state index < -0.39 is 0 Å². The van der Waals surface area contributed by atoms with Crippen LogP contribution in [0.1, 0.15) is 30.9 Å². The molecule has 0 aliphatic heterocycles. The summed E-state index contributed by atoms with van der Waals surface area (Å²) >= 11 is 0. The van der Waals surface area contributed by atoms with Crippen LogP contribution in [0.5, 0.6) is 11.7 Å². The van der Waals surface area contributed by atoms with Gasteiger partial charge in [-0.25, -0.2) is 0 Å². The van der Waals surface area contributed by atoms with Gasteiger partial charge in [-0.05, 0) is 48.9 Å². The second kappa shape index (κ2) is 8.02. The minimum Gasteiger partial charge on any atom is -0.481 e. The highest BCUT2D eigenvalue weighted by Gasteiger charge is 2.22. The fourth-order valence-corrected chi connectivity index (χ4v) is 3.61. The molecule has 0 radical (unpaired) electrons. The number of furan rings is 1. The van der Waals surface area contributed by atoms with E-state index in [2.05, 4.69) is 36.5 Å². The minimum atomic E-state index is -0.0871. The summed E-state index contributed by atoms with van der Waals surface area (Å²) in [6.07, 6.45) is 4.05. The molecule has 0 spiro atoms. The molecule has 2 unspecified atom stereocenters. The van der Waals surface area contributed by atoms with Crippen LogP contribution in [0.3, 0.4) is 0 Å². The van der Waals surface area contributed by atoms with E-state index in [4.69, 9.17) is 9.15 Å². The van der Waals surface area contributed by atoms with Gasteiger partial charge in [0.15, 0.2) is 0 Å². The molecular formula is C21H24ClNO3. The lowest BCUT2D eigenvalue weighted by Gasteiger charge is -2.30. The Kier molecular flexibility index (Phi) is 5.74. The summed E-state index contributed by atoms with van der Waals surface area (Å²) in [5.41, 5.74) is 3.53. The molecule has 138 valence electrons. The molecule has 2 N–H and O–H groups in total. The van der Waals surface area contributed by atoms with Crippen molar-refractivity contribution < 1.29 is 14.3 Å². The van der Waals surface area contributed by atoms with Gasteiger partial charge in [0.25, 0.3) is 5.95 Å². The van der Waals surface area contributed by atoms with E-state index in [1.54, 1.807) is 6.07 Å². The average Bonchev–Trinajstić information content (AvgIpc) is 3.02. The van der Waals surface area contributed by atoms with E-state index in [-0.39, 0.29) is 24.6 Å². The molecule has 0 amide bonds. The maximum Gasteiger partial charge on any atom is 0.283 e. The minimum absolute atomic E-state index is 0. The first-order valence-electron chi connectivity index (χ1n) is 8.94. The molecule has 0 bridgehead atoms. The molecule has 1 aromatic heterocycles. The summed E-state index contributed by atoms with van der Waals surface area (Å²) in [5, 5.41) is 14.0. The van der Waals surface area contributed by atoms with Crippen LogP contribution in [0.25, 0.3) is 11.0 Å². The van der Waals surface area contributed by atoms with E-state index in [1.165, 1.54) is 11.1 Å². The fraction of sp³-hybridized carbons (Fsp3) is 0.333. The monoisotopic (exact) mass is 373 g/mol. The van der Waals surface area contributed by atoms with Gasteiger partial charge in [0.1, 0.15) is 17.6 Å². The van der Waals surface area contributed by atoms with E-state index in [0.29, 0.717) is 11.6 Å². The van der Waals surface area contributed by atoms with Gasteiger partial charge in [0.2, 0.25) is 0 Å². The molecule has 1 aliphatic carbocycles. The van der Waals surface area contributed by atoms with Crippen molar-refractivity contribution >= 4 is 23.4 Å². The predicted molar refractivity (Wildman–Crippen MR) is 105 cm³/mol. The Morgan fingerprint density at radius 3 is 2.81 bits per heavy atom. The Hall–Kier alpha value is -2.17. The number of benzene rings is 2. The van der Waals surface area contributed by atoms with Crippen LogP contribution >= 0.6 is 12.4 Å². The number of ether oxygens (including phenoxy) is 1. The summed E-state index contributed by atoms with van der Waals surface area (Å²) < 4.78 is 11.5. The van der Waals surface area contributed by atoms with Crippen LogP contribution in [0, 0.1) is 0 Å². The standard InChI is InChI=1S/C21H23NO3.ClH/c1-2-20(22-16-11-10-14-6-3-4-7-15(14)12-16)24-18-8-5-9-19-17(18)13-21(23)25-19;/h3-9,13,16,20,22-23H,2,10-12H2,1H3;1H. The van der Waals surface area contributed by atoms with Gasteiger partial charge < -0.3 is 14.3 Å². The molecule has 5 heteroatoms. The maximum atomic E-state index is 9.59. The van der Waals surface area contributed by atoms with Crippen LogP contribution in [-0.4, -0.2) is 17.4 Å². The van der Waals surface area contributed by atoms with Crippen LogP contribution in [-0.2, 0) is 12.8 Å². The highest BCUT2D eigenvalue weighted by Crippen LogP contribution is 2.32. The predicted octanol–water partition coefficient (Wildman–Crippen LogP) is 4.82. The van der Waals surface area contributed by atoms with Crippen molar-refractivity contribution in [3.63, 3.8) is 0 Å². The lowest BCUT2D eigenvalue weighted by atomic mass is 9.88. The molecule has 4 nitrogen and oxygen atoms in total. The van der Waals surface area contributed by atoms with Gasteiger partial charge in [-0.3, -0.25) is 5.32 Å². The van der Waals surface area contributed by atoms with Crippen LogP contribution in [0.15, 0.2) is 52.9 Å². The van der Waals surface area contributed by atoms with Crippen molar-refractivity contribution in [2.75, 3.05) is 0 Å². The van der Waals surface area contributed by atoms with Gasteiger partial charge in [-0.1, -0.05) is 37.3 Å². The van der Waals surface area contributed by atoms with Gasteiger partial charge in [0, 0.05) is 12.1 Å². The number of rotatable bonds is 5. The number of aryl methyl sites for hydroxylation is 1. The molecule has 0 fully saturated rings. The number of fused-ring (bicyclic) bond motifs is 2. The van der Waals surface area contributed by atoms with Crippen LogP contribution in [0.2, 0.25) is 0 Å². The molecule has 2 aromatic carbocycles. The summed E-state index contributed by atoms with van der Waals surface area (Å²) in [5.74, 6) is 0.646. The molecule has 0 saturated carbocycles. The van der Waals surface area contributed by atoms with E-state index in [1.807, 2.05) is 18.2 Å². The SMILES string of the molecule is CCC(NC1CCc2ccccc2C1)Oc1cccc2oc(O)cc12.Cl. The summed E-state index contributed by atoms with van der Waals surface area (Å²) in [6, 6.07) is 16.3. The highest BCUT2D eigenvalue weighted by atomic mass is 35.5. The Bertz CT molecular complexity index is 877. The molecule has 4 rings (SSSR count). The van der Waals surface area contributed by atoms with Crippen molar-refractivity contribution in [3.05, 3.63) is 59.7 Å². The normalized spacial score (nSPS) is 17.3. The molecule has 1 heterocycles. The smallest absolute Gasteiger partial charge is 0.283 e. The number of aromatic hydroxyl groups is 1. The third kappa shape index (κ3) is 3.81. The fourth-order valence-electron chi connectivity index (χ4n) is 3.61. The van der Waals surface area contributed by atoms with E-state index in [9.17, 15) is 5.11 Å². The maximum absolute atomic E-state index is 9.59. The van der Waals surface area contributed by atoms with Crippen molar-refractivity contribution in [2.45, 2.75) is 44.9 Å². The molecule has 2 atom stereocenters. The average molecular weight is 374 g/mol. The quantitative estimate of drug-likeness (QED) is 0.629. The first-order valence-corrected chi connectivity index (χ1v) is 8.94. The zero-order valence-electron chi connectivity index (χ0n) is 14.8. The van der Waals surface area contributed by atoms with Gasteiger partial charge >= 0.3 is 0 Å². The third-order valence-electron chi connectivity index (χ3n) is 4.92. The first kappa shape index (κ1) is 18.6. The zero-order valence-corrected chi connectivity index (χ0v) is 15.6. The van der Waals surface area contributed by atoms with Gasteiger partial charge in [0.05, 0.1) is 5.39 Å². The zero-order chi connectivity index (χ0) is 17.2. The summed E-state index contributed by atoms with van der Waals surface area (Å²) in [7, 11) is 0. The Morgan fingerprint density at radius 2 is 2.00 bits per heavy atom. The lowest BCUT2D eigenvalue weighted by molar-refractivity contribution is 0.141. The summed E-state index contributed by atoms with van der Waals surface area (Å²) in [6.45, 7) is 2.11. The van der Waals surface area contributed by atoms with Gasteiger partial charge in [-0.2, -0.15) is 0 Å². The highest BCUT2D eigenvalue weighted by molar-refractivity contribution is 5.85. The number of hydrogen-bond donors (Lipinski definition) is 2. The Balaban J connectivity index is 0.00000196. The van der Waals surface area contributed by atoms with Crippen LogP contribution in [0.4, 0.5) is 0 Å². The first-order chi connectivity index (χ1) is 12.2. The Labute approximate surface area is 159 Å². The second-order valence-electron chi connectivity index (χ2n) is 6.64. The van der Waals surface area contributed by atoms with E-state index in [0.717, 1.165) is 36.8 Å². The van der Waals surface area contributed by atoms with Crippen LogP contribution < -0.4 is 10.1 Å². The molecule has 26 heavy (non-hydrogen) atoms. The number of halogens is 1. The third-order valence-corrected chi connectivity index (χ3v) is 4.92. The lowest BCUT2D eigenvalue weighted by Crippen LogP contribution is -2.44. The van der Waals surface area contributed by atoms with Crippen molar-refractivity contribution in [1.82, 2.24) is 5.32 Å². The van der Waals surface area contributed by atoms with Crippen molar-refractivity contribution in [3.8, 4) is 11.7 Å². The largest absolute Gasteiger partial charge is 0.481 e. The van der Waals surface area contributed by atoms with Crippen molar-refractivity contribution in [2.24, 2.45) is 0 Å². The topological polar surface area (TPSA) is 54.6 Å². The number of hydrogen-bond acceptors (Lipinski definition) is 4. The molecule has 1 aliphatic rings. The molecular weight excluding hydrogens is 350 g/mol. The number of nitrogens with one attached hydrogen (secondary N) is 1. The van der Waals surface area contributed by atoms with Crippen molar-refractivity contribution in [1.29, 1.82) is 0 Å². The van der Waals surface area contributed by atoms with E-state index >= 15 is 0 Å². The molecule has 3 aromatic rings. The Morgan fingerprint density at radius 1 is 1.19 bits per heavy atom. The summed E-state index contributed by atoms with van der Waals surface area (Å²) in [4.78, 5) is 0. The second-order valence-corrected chi connectivity index (χ2v) is 6.64.